The van der Waals surface area contributed by atoms with Crippen LogP contribution in [0.3, 0.4) is 0 Å². The van der Waals surface area contributed by atoms with Gasteiger partial charge in [0.1, 0.15) is 11.6 Å². The first-order valence-corrected chi connectivity index (χ1v) is 9.08. The Labute approximate surface area is 122 Å². The first-order valence-electron chi connectivity index (χ1n) is 6.98. The van der Waals surface area contributed by atoms with Crippen molar-refractivity contribution in [2.75, 3.05) is 17.2 Å². The molecule has 2 fully saturated rings. The maximum absolute atomic E-state index is 5.90. The predicted octanol–water partition coefficient (Wildman–Crippen LogP) is 3.02. The van der Waals surface area contributed by atoms with Gasteiger partial charge in [-0.2, -0.15) is 21.7 Å². The van der Waals surface area contributed by atoms with Crippen molar-refractivity contribution in [3.8, 4) is 0 Å². The van der Waals surface area contributed by atoms with Crippen molar-refractivity contribution in [1.29, 1.82) is 0 Å². The Hall–Kier alpha value is -0.490. The molecule has 0 bridgehead atoms. The predicted molar refractivity (Wildman–Crippen MR) is 82.6 cm³/mol. The lowest BCUT2D eigenvalue weighted by Crippen LogP contribution is -2.20. The zero-order chi connectivity index (χ0) is 13.2. The minimum Gasteiger partial charge on any atom is -0.368 e. The van der Waals surface area contributed by atoms with E-state index in [-0.39, 0.29) is 0 Å². The zero-order valence-electron chi connectivity index (χ0n) is 11.2. The van der Waals surface area contributed by atoms with Crippen molar-refractivity contribution in [1.82, 2.24) is 15.0 Å². The van der Waals surface area contributed by atoms with E-state index < -0.39 is 0 Å². The number of nitrogen functional groups attached to an aromatic ring is 1. The van der Waals surface area contributed by atoms with Crippen LogP contribution in [0.15, 0.2) is 0 Å². The molecule has 2 atom stereocenters. The molecule has 2 heterocycles. The van der Waals surface area contributed by atoms with E-state index in [2.05, 4.69) is 16.9 Å². The summed E-state index contributed by atoms with van der Waals surface area (Å²) < 4.78 is 0. The van der Waals surface area contributed by atoms with Gasteiger partial charge in [-0.25, -0.2) is 4.98 Å². The van der Waals surface area contributed by atoms with Crippen LogP contribution in [0.25, 0.3) is 0 Å². The van der Waals surface area contributed by atoms with Crippen LogP contribution in [0.1, 0.15) is 55.4 Å². The highest BCUT2D eigenvalue weighted by Crippen LogP contribution is 2.41. The maximum Gasteiger partial charge on any atom is 0.223 e. The Morgan fingerprint density at radius 1 is 1.00 bits per heavy atom. The number of anilines is 1. The molecule has 2 N–H and O–H groups in total. The van der Waals surface area contributed by atoms with Crippen LogP contribution in [-0.4, -0.2) is 31.7 Å². The minimum atomic E-state index is 0.365. The molecule has 1 aromatic heterocycles. The third-order valence-electron chi connectivity index (χ3n) is 3.85. The lowest BCUT2D eigenvalue weighted by Gasteiger charge is -2.27. The van der Waals surface area contributed by atoms with Gasteiger partial charge in [0.15, 0.2) is 0 Å². The van der Waals surface area contributed by atoms with Gasteiger partial charge in [0, 0.05) is 22.7 Å². The zero-order valence-corrected chi connectivity index (χ0v) is 12.8. The third kappa shape index (κ3) is 2.99. The molecule has 2 aliphatic rings. The molecule has 1 aromatic rings. The largest absolute Gasteiger partial charge is 0.368 e. The molecule has 6 heteroatoms. The Morgan fingerprint density at radius 3 is 2.42 bits per heavy atom. The molecule has 0 amide bonds. The normalized spacial score (nSPS) is 28.7. The van der Waals surface area contributed by atoms with Gasteiger partial charge < -0.3 is 5.73 Å². The number of hydrogen-bond donors (Lipinski definition) is 1. The summed E-state index contributed by atoms with van der Waals surface area (Å²) in [5.41, 5.74) is 5.90. The van der Waals surface area contributed by atoms with Gasteiger partial charge >= 0.3 is 0 Å². The van der Waals surface area contributed by atoms with Crippen molar-refractivity contribution in [3.63, 3.8) is 0 Å². The van der Waals surface area contributed by atoms with Crippen LogP contribution in [0.2, 0.25) is 0 Å². The summed E-state index contributed by atoms with van der Waals surface area (Å²) in [5, 5.41) is 0.918. The second kappa shape index (κ2) is 5.87. The van der Waals surface area contributed by atoms with E-state index in [0.717, 1.165) is 11.6 Å². The van der Waals surface area contributed by atoms with E-state index in [9.17, 15) is 0 Å². The quantitative estimate of drug-likeness (QED) is 0.905. The van der Waals surface area contributed by atoms with E-state index in [1.54, 1.807) is 0 Å². The molecule has 1 aliphatic heterocycles. The van der Waals surface area contributed by atoms with Crippen molar-refractivity contribution >= 4 is 29.5 Å². The molecule has 0 aromatic carbocycles. The lowest BCUT2D eigenvalue weighted by molar-refractivity contribution is 0.647. The van der Waals surface area contributed by atoms with Gasteiger partial charge in [0.2, 0.25) is 5.95 Å². The average Bonchev–Trinajstić information content (AvgIpc) is 2.92. The van der Waals surface area contributed by atoms with Crippen molar-refractivity contribution in [2.45, 2.75) is 49.0 Å². The monoisotopic (exact) mass is 296 g/mol. The first-order chi connectivity index (χ1) is 9.24. The van der Waals surface area contributed by atoms with Gasteiger partial charge in [-0.1, -0.05) is 19.8 Å². The van der Waals surface area contributed by atoms with Crippen LogP contribution < -0.4 is 5.73 Å². The second-order valence-corrected chi connectivity index (χ2v) is 7.99. The molecular formula is C13H20N4S2. The summed E-state index contributed by atoms with van der Waals surface area (Å²) in [4.78, 5) is 13.5. The Bertz CT molecular complexity index is 448. The number of thioether (sulfide) groups is 2. The topological polar surface area (TPSA) is 64.7 Å². The molecule has 19 heavy (non-hydrogen) atoms. The van der Waals surface area contributed by atoms with Gasteiger partial charge in [0.25, 0.3) is 0 Å². The highest BCUT2D eigenvalue weighted by Gasteiger charge is 2.29. The van der Waals surface area contributed by atoms with Gasteiger partial charge in [0.05, 0.1) is 5.25 Å². The van der Waals surface area contributed by atoms with Gasteiger partial charge in [-0.05, 0) is 12.8 Å². The Morgan fingerprint density at radius 2 is 1.68 bits per heavy atom. The SMILES string of the molecule is CC1SCCSC1c1nc(N)nc(C2CCCC2)n1. The molecular weight excluding hydrogens is 276 g/mol. The average molecular weight is 296 g/mol. The summed E-state index contributed by atoms with van der Waals surface area (Å²) in [5.74, 6) is 5.13. The summed E-state index contributed by atoms with van der Waals surface area (Å²) in [6, 6.07) is 0. The van der Waals surface area contributed by atoms with Gasteiger partial charge in [-0.3, -0.25) is 0 Å². The fourth-order valence-corrected chi connectivity index (χ4v) is 5.53. The van der Waals surface area contributed by atoms with Crippen molar-refractivity contribution in [3.05, 3.63) is 11.6 Å². The summed E-state index contributed by atoms with van der Waals surface area (Å²) in [7, 11) is 0. The van der Waals surface area contributed by atoms with E-state index in [1.807, 2.05) is 23.5 Å². The van der Waals surface area contributed by atoms with E-state index >= 15 is 0 Å². The number of nitrogens with two attached hydrogens (primary N) is 1. The molecule has 2 unspecified atom stereocenters. The summed E-state index contributed by atoms with van der Waals surface area (Å²) >= 11 is 3.96. The van der Waals surface area contributed by atoms with E-state index in [4.69, 9.17) is 10.7 Å². The summed E-state index contributed by atoms with van der Waals surface area (Å²) in [6.45, 7) is 2.26. The van der Waals surface area contributed by atoms with Crippen LogP contribution in [0, 0.1) is 0 Å². The highest BCUT2D eigenvalue weighted by atomic mass is 32.2. The van der Waals surface area contributed by atoms with Crippen LogP contribution in [-0.2, 0) is 0 Å². The number of hydrogen-bond acceptors (Lipinski definition) is 6. The molecule has 3 rings (SSSR count). The smallest absolute Gasteiger partial charge is 0.223 e. The van der Waals surface area contributed by atoms with Crippen molar-refractivity contribution < 1.29 is 0 Å². The Kier molecular flexibility index (Phi) is 4.17. The first kappa shape index (κ1) is 13.5. The molecule has 4 nitrogen and oxygen atoms in total. The molecule has 1 saturated heterocycles. The van der Waals surface area contributed by atoms with Crippen LogP contribution >= 0.6 is 23.5 Å². The minimum absolute atomic E-state index is 0.365. The standard InChI is InChI=1S/C13H20N4S2/c1-8-10(19-7-6-18-8)12-15-11(16-13(14)17-12)9-4-2-3-5-9/h8-10H,2-7H2,1H3,(H2,14,15,16,17). The number of nitrogens with zero attached hydrogens (tertiary/aromatic N) is 3. The molecule has 0 spiro atoms. The maximum atomic E-state index is 5.90. The highest BCUT2D eigenvalue weighted by molar-refractivity contribution is 8.06. The second-order valence-electron chi connectivity index (χ2n) is 5.26. The van der Waals surface area contributed by atoms with Crippen LogP contribution in [0.4, 0.5) is 5.95 Å². The molecule has 1 aliphatic carbocycles. The fraction of sp³-hybridized carbons (Fsp3) is 0.769. The fourth-order valence-electron chi connectivity index (χ4n) is 2.84. The van der Waals surface area contributed by atoms with Crippen molar-refractivity contribution in [2.24, 2.45) is 0 Å². The van der Waals surface area contributed by atoms with E-state index in [1.165, 1.54) is 37.2 Å². The lowest BCUT2D eigenvalue weighted by atomic mass is 10.1. The van der Waals surface area contributed by atoms with E-state index in [0.29, 0.717) is 22.4 Å². The molecule has 1 saturated carbocycles. The van der Waals surface area contributed by atoms with Crippen LogP contribution in [0.5, 0.6) is 0 Å². The Balaban J connectivity index is 1.88. The number of rotatable bonds is 2. The molecule has 0 radical (unpaired) electrons. The third-order valence-corrected chi connectivity index (χ3v) is 6.94. The summed E-state index contributed by atoms with van der Waals surface area (Å²) in [6.07, 6.45) is 4.97. The van der Waals surface area contributed by atoms with Gasteiger partial charge in [-0.15, -0.1) is 11.8 Å². The molecule has 104 valence electrons. The number of aromatic nitrogens is 3.